The van der Waals surface area contributed by atoms with E-state index >= 15 is 0 Å². The van der Waals surface area contributed by atoms with E-state index in [1.54, 1.807) is 0 Å². The smallest absolute Gasteiger partial charge is 0.125 e. The van der Waals surface area contributed by atoms with Gasteiger partial charge in [-0.2, -0.15) is 0 Å². The topological polar surface area (TPSA) is 15.7 Å². The summed E-state index contributed by atoms with van der Waals surface area (Å²) in [5.41, 5.74) is 2.64. The summed E-state index contributed by atoms with van der Waals surface area (Å²) in [4.78, 5) is 4.81. The lowest BCUT2D eigenvalue weighted by molar-refractivity contribution is 0.179. The second kappa shape index (κ2) is 10.5. The molecule has 0 amide bonds. The van der Waals surface area contributed by atoms with Gasteiger partial charge in [-0.3, -0.25) is 0 Å². The summed E-state index contributed by atoms with van der Waals surface area (Å²) in [6, 6.07) is 19.3. The number of benzene rings is 2. The normalized spacial score (nSPS) is 16.4. The number of hydrogen-bond donors (Lipinski definition) is 0. The van der Waals surface area contributed by atoms with Crippen LogP contribution in [0, 0.1) is 0 Å². The van der Waals surface area contributed by atoms with Crippen LogP contribution in [-0.4, -0.2) is 50.1 Å². The fraction of sp³-hybridized carbons (Fsp3) is 0.500. The van der Waals surface area contributed by atoms with Gasteiger partial charge < -0.3 is 14.5 Å². The first-order valence-corrected chi connectivity index (χ1v) is 10.4. The Balaban J connectivity index is 1.57. The van der Waals surface area contributed by atoms with Gasteiger partial charge >= 0.3 is 0 Å². The molecule has 1 atom stereocenters. The molecule has 3 heteroatoms. The summed E-state index contributed by atoms with van der Waals surface area (Å²) in [5, 5.41) is 0. The van der Waals surface area contributed by atoms with Gasteiger partial charge in [0.05, 0.1) is 0 Å². The van der Waals surface area contributed by atoms with E-state index in [0.717, 1.165) is 25.1 Å². The third-order valence-electron chi connectivity index (χ3n) is 5.38. The van der Waals surface area contributed by atoms with Crippen LogP contribution in [0.15, 0.2) is 54.6 Å². The molecule has 146 valence electrons. The Hall–Kier alpha value is -1.84. The molecule has 1 aliphatic heterocycles. The summed E-state index contributed by atoms with van der Waals surface area (Å²) in [6.45, 7) is 4.72. The molecule has 1 heterocycles. The van der Waals surface area contributed by atoms with Crippen molar-refractivity contribution in [3.05, 3.63) is 65.7 Å². The quantitative estimate of drug-likeness (QED) is 0.635. The molecule has 1 unspecified atom stereocenters. The summed E-state index contributed by atoms with van der Waals surface area (Å²) in [6.07, 6.45) is 6.32. The second-order valence-corrected chi connectivity index (χ2v) is 7.91. The van der Waals surface area contributed by atoms with Gasteiger partial charge in [0.2, 0.25) is 0 Å². The lowest BCUT2D eigenvalue weighted by Crippen LogP contribution is -2.31. The van der Waals surface area contributed by atoms with Crippen molar-refractivity contribution in [1.82, 2.24) is 9.80 Å². The van der Waals surface area contributed by atoms with Crippen LogP contribution in [0.25, 0.3) is 0 Å². The minimum Gasteiger partial charge on any atom is -0.486 e. The molecule has 1 saturated heterocycles. The Bertz CT molecular complexity index is 648. The van der Waals surface area contributed by atoms with Crippen molar-refractivity contribution in [1.29, 1.82) is 0 Å². The highest BCUT2D eigenvalue weighted by atomic mass is 16.5. The van der Waals surface area contributed by atoms with E-state index in [2.05, 4.69) is 78.5 Å². The molecule has 0 aliphatic carbocycles. The number of piperidine rings is 1. The van der Waals surface area contributed by atoms with Crippen molar-refractivity contribution in [3.8, 4) is 5.75 Å². The lowest BCUT2D eigenvalue weighted by Gasteiger charge is -2.26. The number of likely N-dealkylation sites (tertiary alicyclic amines) is 1. The van der Waals surface area contributed by atoms with E-state index in [0.29, 0.717) is 0 Å². The Labute approximate surface area is 164 Å². The molecule has 3 rings (SSSR count). The van der Waals surface area contributed by atoms with E-state index in [9.17, 15) is 0 Å². The van der Waals surface area contributed by atoms with Gasteiger partial charge in [0, 0.05) is 19.5 Å². The van der Waals surface area contributed by atoms with Gasteiger partial charge in [-0.1, -0.05) is 48.9 Å². The number of hydrogen-bond acceptors (Lipinski definition) is 3. The van der Waals surface area contributed by atoms with E-state index < -0.39 is 0 Å². The molecule has 2 aromatic carbocycles. The molecule has 0 spiro atoms. The van der Waals surface area contributed by atoms with Gasteiger partial charge in [0.1, 0.15) is 11.9 Å². The second-order valence-electron chi connectivity index (χ2n) is 7.91. The Kier molecular flexibility index (Phi) is 7.73. The average molecular weight is 367 g/mol. The number of nitrogens with zero attached hydrogens (tertiary/aromatic N) is 2. The molecule has 27 heavy (non-hydrogen) atoms. The van der Waals surface area contributed by atoms with Crippen molar-refractivity contribution in [2.24, 2.45) is 0 Å². The zero-order valence-electron chi connectivity index (χ0n) is 16.9. The maximum absolute atomic E-state index is 6.36. The van der Waals surface area contributed by atoms with Crippen LogP contribution in [0.1, 0.15) is 42.9 Å². The molecule has 1 fully saturated rings. The first kappa shape index (κ1) is 19.9. The van der Waals surface area contributed by atoms with E-state index in [1.807, 2.05) is 0 Å². The summed E-state index contributed by atoms with van der Waals surface area (Å²) >= 11 is 0. The van der Waals surface area contributed by atoms with Crippen LogP contribution in [0.4, 0.5) is 0 Å². The Morgan fingerprint density at radius 2 is 1.63 bits per heavy atom. The highest BCUT2D eigenvalue weighted by Crippen LogP contribution is 2.25. The first-order chi connectivity index (χ1) is 13.2. The minimum absolute atomic E-state index is 0.0906. The summed E-state index contributed by atoms with van der Waals surface area (Å²) in [7, 11) is 4.22. The summed E-state index contributed by atoms with van der Waals surface area (Å²) in [5.74, 6) is 0.962. The Morgan fingerprint density at radius 1 is 0.926 bits per heavy atom. The third kappa shape index (κ3) is 6.67. The van der Waals surface area contributed by atoms with Crippen molar-refractivity contribution < 1.29 is 4.74 Å². The predicted molar refractivity (Wildman–Crippen MR) is 113 cm³/mol. The van der Waals surface area contributed by atoms with Crippen LogP contribution in [0.5, 0.6) is 5.75 Å². The number of ether oxygens (including phenoxy) is 1. The van der Waals surface area contributed by atoms with Crippen LogP contribution < -0.4 is 4.74 Å². The van der Waals surface area contributed by atoms with Crippen LogP contribution in [-0.2, 0) is 6.42 Å². The maximum Gasteiger partial charge on any atom is 0.125 e. The zero-order valence-corrected chi connectivity index (χ0v) is 16.9. The van der Waals surface area contributed by atoms with E-state index in [1.165, 1.54) is 50.0 Å². The summed E-state index contributed by atoms with van der Waals surface area (Å²) < 4.78 is 6.36. The minimum atomic E-state index is 0.0906. The largest absolute Gasteiger partial charge is 0.486 e. The number of rotatable bonds is 9. The molecule has 0 saturated carbocycles. The van der Waals surface area contributed by atoms with E-state index in [-0.39, 0.29) is 6.10 Å². The first-order valence-electron chi connectivity index (χ1n) is 10.4. The average Bonchev–Trinajstić information content (AvgIpc) is 2.72. The standard InChI is InChI=1S/C24H34N2O/c1-25(2)19-16-24(22-9-5-3-6-10-22)27-23-13-11-21(12-14-23)15-20-26-17-7-4-8-18-26/h3,5-6,9-14,24H,4,7-8,15-20H2,1-2H3. The molecule has 3 nitrogen and oxygen atoms in total. The molecule has 0 bridgehead atoms. The van der Waals surface area contributed by atoms with E-state index in [4.69, 9.17) is 4.74 Å². The molecule has 1 aliphatic rings. The molecular formula is C24H34N2O. The maximum atomic E-state index is 6.36. The molecule has 0 radical (unpaired) electrons. The van der Waals surface area contributed by atoms with Crippen LogP contribution in [0.3, 0.4) is 0 Å². The lowest BCUT2D eigenvalue weighted by atomic mass is 10.1. The monoisotopic (exact) mass is 366 g/mol. The third-order valence-corrected chi connectivity index (χ3v) is 5.38. The van der Waals surface area contributed by atoms with Gasteiger partial charge in [-0.25, -0.2) is 0 Å². The predicted octanol–water partition coefficient (Wildman–Crippen LogP) is 4.79. The van der Waals surface area contributed by atoms with Crippen molar-refractivity contribution in [2.75, 3.05) is 40.3 Å². The zero-order chi connectivity index (χ0) is 18.9. The molecule has 2 aromatic rings. The van der Waals surface area contributed by atoms with Crippen molar-refractivity contribution in [2.45, 2.75) is 38.2 Å². The van der Waals surface area contributed by atoms with Crippen LogP contribution in [0.2, 0.25) is 0 Å². The Morgan fingerprint density at radius 3 is 2.30 bits per heavy atom. The van der Waals surface area contributed by atoms with Crippen molar-refractivity contribution >= 4 is 0 Å². The molecule has 0 aromatic heterocycles. The highest BCUT2D eigenvalue weighted by Gasteiger charge is 2.14. The fourth-order valence-corrected chi connectivity index (χ4v) is 3.71. The van der Waals surface area contributed by atoms with Gasteiger partial charge in [-0.15, -0.1) is 0 Å². The van der Waals surface area contributed by atoms with Gasteiger partial charge in [0.15, 0.2) is 0 Å². The highest BCUT2D eigenvalue weighted by molar-refractivity contribution is 5.29. The van der Waals surface area contributed by atoms with Gasteiger partial charge in [-0.05, 0) is 69.7 Å². The van der Waals surface area contributed by atoms with Crippen molar-refractivity contribution in [3.63, 3.8) is 0 Å². The molecule has 0 N–H and O–H groups in total. The van der Waals surface area contributed by atoms with Crippen LogP contribution >= 0.6 is 0 Å². The van der Waals surface area contributed by atoms with Gasteiger partial charge in [0.25, 0.3) is 0 Å². The SMILES string of the molecule is CN(C)CCC(Oc1ccc(CCN2CCCCC2)cc1)c1ccccc1. The fourth-order valence-electron chi connectivity index (χ4n) is 3.71. The molecular weight excluding hydrogens is 332 g/mol.